The number of hydrogen-bond donors (Lipinski definition) is 0. The van der Waals surface area contributed by atoms with E-state index in [1.165, 1.54) is 72.1 Å². The smallest absolute Gasteiger partial charge is 0.137 e. The summed E-state index contributed by atoms with van der Waals surface area (Å²) >= 11 is 0. The van der Waals surface area contributed by atoms with Crippen molar-refractivity contribution in [3.8, 4) is 5.82 Å². The molecule has 0 aliphatic carbocycles. The maximum Gasteiger partial charge on any atom is 0.137 e. The summed E-state index contributed by atoms with van der Waals surface area (Å²) in [5, 5.41) is 2.50. The van der Waals surface area contributed by atoms with Crippen LogP contribution < -0.4 is 9.80 Å². The lowest BCUT2D eigenvalue weighted by Crippen LogP contribution is -2.27. The van der Waals surface area contributed by atoms with Crippen molar-refractivity contribution < 1.29 is 0 Å². The van der Waals surface area contributed by atoms with Crippen LogP contribution in [0.25, 0.3) is 27.6 Å². The van der Waals surface area contributed by atoms with Gasteiger partial charge in [0.25, 0.3) is 0 Å². The van der Waals surface area contributed by atoms with Crippen molar-refractivity contribution in [1.82, 2.24) is 9.55 Å². The van der Waals surface area contributed by atoms with E-state index in [9.17, 15) is 0 Å². The number of rotatable bonds is 5. The van der Waals surface area contributed by atoms with Crippen molar-refractivity contribution in [1.29, 1.82) is 0 Å². The largest absolute Gasteiger partial charge is 0.328 e. The van der Waals surface area contributed by atoms with E-state index < -0.39 is 0 Å². The summed E-state index contributed by atoms with van der Waals surface area (Å²) < 4.78 is 2.41. The van der Waals surface area contributed by atoms with E-state index in [1.54, 1.807) is 0 Å². The molecule has 2 aromatic heterocycles. The average Bonchev–Trinajstić information content (AvgIpc) is 3.76. The maximum atomic E-state index is 5.04. The molecule has 4 aromatic carbocycles. The highest BCUT2D eigenvalue weighted by Gasteiger charge is 2.30. The summed E-state index contributed by atoms with van der Waals surface area (Å²) in [6.45, 7) is 40.1. The monoisotopic (exact) mass is 787 g/mol. The first-order valence-corrected chi connectivity index (χ1v) is 21.7. The van der Waals surface area contributed by atoms with Crippen LogP contribution in [-0.2, 0) is 32.5 Å². The number of benzene rings is 4. The van der Waals surface area contributed by atoms with Gasteiger partial charge in [-0.3, -0.25) is 4.57 Å². The first-order chi connectivity index (χ1) is 27.1. The van der Waals surface area contributed by atoms with Gasteiger partial charge in [0.05, 0.1) is 17.7 Å². The molecule has 0 spiro atoms. The van der Waals surface area contributed by atoms with Crippen molar-refractivity contribution in [2.75, 3.05) is 16.5 Å². The van der Waals surface area contributed by atoms with Crippen LogP contribution in [0, 0.1) is 0 Å². The van der Waals surface area contributed by atoms with Crippen LogP contribution in [-0.4, -0.2) is 16.2 Å². The molecule has 0 saturated heterocycles. The minimum atomic E-state index is -0.297. The van der Waals surface area contributed by atoms with Gasteiger partial charge >= 0.3 is 0 Å². The van der Waals surface area contributed by atoms with Crippen LogP contribution in [0.2, 0.25) is 0 Å². The second-order valence-corrected chi connectivity index (χ2v) is 23.0. The Kier molecular flexibility index (Phi) is 10.1. The van der Waals surface area contributed by atoms with Crippen LogP contribution in [0.4, 0.5) is 11.4 Å². The zero-order valence-corrected chi connectivity index (χ0v) is 39.3. The van der Waals surface area contributed by atoms with E-state index in [4.69, 9.17) is 4.98 Å². The highest BCUT2D eigenvalue weighted by molar-refractivity contribution is 6.09. The fraction of sp³-hybridized carbons (Fsp3) is 0.436. The van der Waals surface area contributed by atoms with Gasteiger partial charge in [-0.25, -0.2) is 4.98 Å². The van der Waals surface area contributed by atoms with Crippen LogP contribution >= 0.6 is 0 Å². The number of hydrogen-bond acceptors (Lipinski definition) is 3. The third-order valence-electron chi connectivity index (χ3n) is 12.7. The van der Waals surface area contributed by atoms with Crippen LogP contribution in [0.1, 0.15) is 157 Å². The molecule has 1 aliphatic heterocycles. The van der Waals surface area contributed by atoms with Gasteiger partial charge in [0, 0.05) is 46.2 Å². The first kappa shape index (κ1) is 42.3. The molecule has 0 fully saturated rings. The summed E-state index contributed by atoms with van der Waals surface area (Å²) in [4.78, 5) is 9.86. The Morgan fingerprint density at radius 1 is 0.390 bits per heavy atom. The highest BCUT2D eigenvalue weighted by atomic mass is 15.3. The van der Waals surface area contributed by atoms with Crippen molar-refractivity contribution in [2.45, 2.75) is 150 Å². The number of fused-ring (bicyclic) bond motifs is 3. The molecule has 0 amide bonds. The molecule has 310 valence electrons. The van der Waals surface area contributed by atoms with E-state index in [-0.39, 0.29) is 32.5 Å². The molecular weight excluding hydrogens is 717 g/mol. The first-order valence-electron chi connectivity index (χ1n) is 21.7. The number of anilines is 2. The Bertz CT molecular complexity index is 2550. The molecule has 0 bridgehead atoms. The van der Waals surface area contributed by atoms with Crippen molar-refractivity contribution in [2.24, 2.45) is 0 Å². The lowest BCUT2D eigenvalue weighted by molar-refractivity contribution is 0.568. The van der Waals surface area contributed by atoms with Gasteiger partial charge < -0.3 is 9.80 Å². The quantitative estimate of drug-likeness (QED) is 0.174. The van der Waals surface area contributed by atoms with Gasteiger partial charge in [0.15, 0.2) is 0 Å². The molecule has 0 saturated carbocycles. The van der Waals surface area contributed by atoms with Crippen LogP contribution in [0.15, 0.2) is 104 Å². The van der Waals surface area contributed by atoms with Crippen LogP contribution in [0.5, 0.6) is 0 Å². The SMILES string of the molecule is CC(C)(C)c1cc(N2C=CN(c3cc(C(C)(C)C)cc(C(C)(C)c4ccc5c6ccc(C(C)(C)C)cc6n(-c6cc(C(C)(C)C)ccn6)c5c4)c3)C2)cc(C(C)(C)C)c1. The minimum Gasteiger partial charge on any atom is -0.328 e. The van der Waals surface area contributed by atoms with E-state index in [0.717, 1.165) is 12.5 Å². The number of pyridine rings is 1. The lowest BCUT2D eigenvalue weighted by Gasteiger charge is -2.32. The summed E-state index contributed by atoms with van der Waals surface area (Å²) in [7, 11) is 0. The molecular formula is C55H70N4. The minimum absolute atomic E-state index is 0.00331. The molecule has 1 aliphatic rings. The van der Waals surface area contributed by atoms with Gasteiger partial charge in [-0.1, -0.05) is 154 Å². The Hall–Kier alpha value is -4.83. The van der Waals surface area contributed by atoms with E-state index in [2.05, 4.69) is 229 Å². The van der Waals surface area contributed by atoms with Crippen molar-refractivity contribution >= 4 is 33.2 Å². The van der Waals surface area contributed by atoms with Gasteiger partial charge in [0.2, 0.25) is 0 Å². The predicted octanol–water partition coefficient (Wildman–Crippen LogP) is 14.7. The lowest BCUT2D eigenvalue weighted by atomic mass is 9.75. The van der Waals surface area contributed by atoms with E-state index >= 15 is 0 Å². The Morgan fingerprint density at radius 3 is 1.24 bits per heavy atom. The van der Waals surface area contributed by atoms with Gasteiger partial charge in [-0.15, -0.1) is 0 Å². The second kappa shape index (κ2) is 14.1. The van der Waals surface area contributed by atoms with Gasteiger partial charge in [-0.2, -0.15) is 0 Å². The van der Waals surface area contributed by atoms with E-state index in [0.29, 0.717) is 0 Å². The average molecular weight is 787 g/mol. The molecule has 3 heterocycles. The summed E-state index contributed by atoms with van der Waals surface area (Å²) in [5.74, 6) is 0.962. The van der Waals surface area contributed by atoms with Gasteiger partial charge in [-0.05, 0) is 115 Å². The standard InChI is InChI=1S/C55H70N4/c1-50(2,3)36-18-20-45-46-21-19-38(33-48(46)59(47(45)32-36)49-34-37(22-23-56-49)51(4,5)6)55(16,17)42-27-41(54(13,14)15)30-44(31-42)58-25-24-57(35-58)43-28-39(52(7,8)9)26-40(29-43)53(10,11)12/h18-34H,35H2,1-17H3. The molecule has 0 atom stereocenters. The topological polar surface area (TPSA) is 24.3 Å². The summed E-state index contributed by atoms with van der Waals surface area (Å²) in [6, 6.07) is 33.1. The van der Waals surface area contributed by atoms with Gasteiger partial charge in [0.1, 0.15) is 5.82 Å². The molecule has 59 heavy (non-hydrogen) atoms. The molecule has 4 heteroatoms. The fourth-order valence-corrected chi connectivity index (χ4v) is 8.26. The molecule has 7 rings (SSSR count). The van der Waals surface area contributed by atoms with Crippen LogP contribution in [0.3, 0.4) is 0 Å². The second-order valence-electron chi connectivity index (χ2n) is 23.0. The summed E-state index contributed by atoms with van der Waals surface area (Å²) in [5.41, 5.74) is 13.9. The molecule has 0 unspecified atom stereocenters. The highest BCUT2D eigenvalue weighted by Crippen LogP contribution is 2.42. The number of nitrogens with zero attached hydrogens (tertiary/aromatic N) is 4. The third kappa shape index (κ3) is 8.22. The Morgan fingerprint density at radius 2 is 0.780 bits per heavy atom. The Labute approximate surface area is 356 Å². The number of aromatic nitrogens is 2. The summed E-state index contributed by atoms with van der Waals surface area (Å²) in [6.07, 6.45) is 6.49. The fourth-order valence-electron chi connectivity index (χ4n) is 8.26. The predicted molar refractivity (Wildman–Crippen MR) is 256 cm³/mol. The maximum absolute atomic E-state index is 5.04. The molecule has 6 aromatic rings. The molecule has 0 N–H and O–H groups in total. The molecule has 0 radical (unpaired) electrons. The van der Waals surface area contributed by atoms with Crippen molar-refractivity contribution in [3.63, 3.8) is 0 Å². The zero-order valence-electron chi connectivity index (χ0n) is 39.3. The third-order valence-corrected chi connectivity index (χ3v) is 12.7. The zero-order chi connectivity index (χ0) is 43.2. The molecule has 4 nitrogen and oxygen atoms in total. The Balaban J connectivity index is 1.34. The van der Waals surface area contributed by atoms with E-state index in [1.807, 2.05) is 6.20 Å². The normalized spacial score (nSPS) is 14.7. The van der Waals surface area contributed by atoms with Crippen molar-refractivity contribution in [3.05, 3.63) is 142 Å².